The second kappa shape index (κ2) is 7.61. The van der Waals surface area contributed by atoms with E-state index in [1.165, 1.54) is 18.0 Å². The van der Waals surface area contributed by atoms with Crippen LogP contribution >= 0.6 is 23.5 Å². The zero-order chi connectivity index (χ0) is 14.4. The number of rotatable bonds is 5. The number of hydrogen-bond donors (Lipinski definition) is 1. The molecule has 1 rings (SSSR count). The summed E-state index contributed by atoms with van der Waals surface area (Å²) in [6.07, 6.45) is 7.38. The van der Waals surface area contributed by atoms with Crippen LogP contribution in [0.4, 0.5) is 4.39 Å². The summed E-state index contributed by atoms with van der Waals surface area (Å²) in [5.74, 6) is -0.266. The first-order valence-corrected chi connectivity index (χ1v) is 7.30. The summed E-state index contributed by atoms with van der Waals surface area (Å²) in [4.78, 5) is 0.962. The van der Waals surface area contributed by atoms with Crippen LogP contribution in [-0.2, 0) is 0 Å². The smallest absolute Gasteiger partial charge is 0.128 e. The Labute approximate surface area is 124 Å². The molecule has 0 fully saturated rings. The van der Waals surface area contributed by atoms with Crippen LogP contribution in [0.3, 0.4) is 0 Å². The van der Waals surface area contributed by atoms with Gasteiger partial charge in [0, 0.05) is 21.2 Å². The van der Waals surface area contributed by atoms with E-state index in [4.69, 9.17) is 11.6 Å². The Morgan fingerprint density at radius 2 is 2.16 bits per heavy atom. The Balaban J connectivity index is 2.66. The molecule has 0 aliphatic heterocycles. The van der Waals surface area contributed by atoms with Crippen molar-refractivity contribution < 1.29 is 4.39 Å². The Morgan fingerprint density at radius 3 is 2.74 bits per heavy atom. The second-order valence-electron chi connectivity index (χ2n) is 4.59. The van der Waals surface area contributed by atoms with E-state index in [1.807, 2.05) is 19.9 Å². The molecule has 1 N–H and O–H groups in total. The molecule has 0 spiro atoms. The van der Waals surface area contributed by atoms with Crippen LogP contribution in [0.1, 0.15) is 33.6 Å². The molecule has 0 saturated heterocycles. The van der Waals surface area contributed by atoms with Gasteiger partial charge in [0.15, 0.2) is 0 Å². The average Bonchev–Trinajstić information content (AvgIpc) is 2.35. The van der Waals surface area contributed by atoms with Gasteiger partial charge >= 0.3 is 0 Å². The highest BCUT2D eigenvalue weighted by Crippen LogP contribution is 2.30. The molecule has 0 heterocycles. The fraction of sp³-hybridized carbons (Fsp3) is 0.333. The minimum absolute atomic E-state index is 0.266. The fourth-order valence-corrected chi connectivity index (χ4v) is 2.45. The second-order valence-corrected chi connectivity index (χ2v) is 5.89. The van der Waals surface area contributed by atoms with Crippen LogP contribution in [0.15, 0.2) is 57.4 Å². The Hall–Kier alpha value is -0.930. The van der Waals surface area contributed by atoms with Gasteiger partial charge in [0.2, 0.25) is 0 Å². The van der Waals surface area contributed by atoms with Gasteiger partial charge in [0.1, 0.15) is 5.83 Å². The van der Waals surface area contributed by atoms with E-state index < -0.39 is 0 Å². The SMILES string of the molecule is C=C(NSC1=C(Cl)CCC=C1)/C(C)=C(\F)C=C(C)C. The maximum atomic E-state index is 13.8. The average molecular weight is 300 g/mol. The fourth-order valence-electron chi connectivity index (χ4n) is 1.40. The third kappa shape index (κ3) is 5.29. The van der Waals surface area contributed by atoms with Crippen LogP contribution in [0, 0.1) is 0 Å². The molecule has 0 amide bonds. The van der Waals surface area contributed by atoms with Crippen LogP contribution < -0.4 is 4.72 Å². The Kier molecular flexibility index (Phi) is 6.46. The van der Waals surface area contributed by atoms with Gasteiger partial charge in [0.25, 0.3) is 0 Å². The maximum Gasteiger partial charge on any atom is 0.128 e. The highest BCUT2D eigenvalue weighted by molar-refractivity contribution is 8.01. The van der Waals surface area contributed by atoms with E-state index in [9.17, 15) is 4.39 Å². The van der Waals surface area contributed by atoms with E-state index in [0.717, 1.165) is 28.4 Å². The quantitative estimate of drug-likeness (QED) is 0.512. The van der Waals surface area contributed by atoms with Crippen molar-refractivity contribution in [1.82, 2.24) is 4.72 Å². The lowest BCUT2D eigenvalue weighted by molar-refractivity contribution is 0.653. The lowest BCUT2D eigenvalue weighted by atomic mass is 10.2. The zero-order valence-electron chi connectivity index (χ0n) is 11.5. The summed E-state index contributed by atoms with van der Waals surface area (Å²) in [7, 11) is 0. The Morgan fingerprint density at radius 1 is 1.47 bits per heavy atom. The van der Waals surface area contributed by atoms with Gasteiger partial charge < -0.3 is 4.72 Å². The summed E-state index contributed by atoms with van der Waals surface area (Å²) >= 11 is 7.49. The predicted octanol–water partition coefficient (Wildman–Crippen LogP) is 5.75. The first kappa shape index (κ1) is 16.1. The Bertz CT molecular complexity index is 482. The monoisotopic (exact) mass is 299 g/mol. The van der Waals surface area contributed by atoms with Crippen molar-refractivity contribution in [2.75, 3.05) is 0 Å². The molecule has 0 aromatic carbocycles. The van der Waals surface area contributed by atoms with Crippen molar-refractivity contribution >= 4 is 23.5 Å². The molecule has 0 radical (unpaired) electrons. The number of allylic oxidation sites excluding steroid dienone is 7. The van der Waals surface area contributed by atoms with Crippen molar-refractivity contribution in [2.24, 2.45) is 0 Å². The van der Waals surface area contributed by atoms with E-state index in [-0.39, 0.29) is 5.83 Å². The molecule has 0 atom stereocenters. The molecule has 1 nitrogen and oxygen atoms in total. The highest BCUT2D eigenvalue weighted by atomic mass is 35.5. The van der Waals surface area contributed by atoms with Crippen LogP contribution in [0.25, 0.3) is 0 Å². The first-order chi connectivity index (χ1) is 8.91. The molecule has 0 unspecified atom stereocenters. The van der Waals surface area contributed by atoms with E-state index >= 15 is 0 Å². The van der Waals surface area contributed by atoms with Crippen LogP contribution in [-0.4, -0.2) is 0 Å². The molecule has 104 valence electrons. The molecular weight excluding hydrogens is 281 g/mol. The topological polar surface area (TPSA) is 12.0 Å². The summed E-state index contributed by atoms with van der Waals surface area (Å²) in [5.41, 5.74) is 1.97. The predicted molar refractivity (Wildman–Crippen MR) is 84.4 cm³/mol. The zero-order valence-corrected chi connectivity index (χ0v) is 13.1. The lowest BCUT2D eigenvalue weighted by Crippen LogP contribution is -2.05. The number of hydrogen-bond acceptors (Lipinski definition) is 2. The van der Waals surface area contributed by atoms with E-state index in [0.29, 0.717) is 11.3 Å². The van der Waals surface area contributed by atoms with Gasteiger partial charge in [-0.05, 0) is 57.7 Å². The van der Waals surface area contributed by atoms with Gasteiger partial charge in [0.05, 0.1) is 0 Å². The molecule has 1 aliphatic rings. The summed E-state index contributed by atoms with van der Waals surface area (Å²) in [6, 6.07) is 0. The first-order valence-electron chi connectivity index (χ1n) is 6.10. The summed E-state index contributed by atoms with van der Waals surface area (Å²) < 4.78 is 16.8. The molecule has 0 saturated carbocycles. The third-order valence-electron chi connectivity index (χ3n) is 2.58. The molecule has 4 heteroatoms. The maximum absolute atomic E-state index is 13.8. The van der Waals surface area contributed by atoms with Crippen molar-refractivity contribution in [3.8, 4) is 0 Å². The highest BCUT2D eigenvalue weighted by Gasteiger charge is 2.09. The van der Waals surface area contributed by atoms with Gasteiger partial charge in [-0.1, -0.05) is 29.8 Å². The molecule has 1 aliphatic carbocycles. The van der Waals surface area contributed by atoms with E-state index in [2.05, 4.69) is 17.4 Å². The van der Waals surface area contributed by atoms with Gasteiger partial charge in [-0.3, -0.25) is 0 Å². The normalized spacial score (nSPS) is 16.1. The third-order valence-corrected chi connectivity index (χ3v) is 4.03. The van der Waals surface area contributed by atoms with Crippen molar-refractivity contribution in [3.05, 3.63) is 57.4 Å². The lowest BCUT2D eigenvalue weighted by Gasteiger charge is -2.13. The van der Waals surface area contributed by atoms with Gasteiger partial charge in [-0.15, -0.1) is 0 Å². The van der Waals surface area contributed by atoms with Gasteiger partial charge in [-0.25, -0.2) is 4.39 Å². The van der Waals surface area contributed by atoms with Crippen LogP contribution in [0.5, 0.6) is 0 Å². The van der Waals surface area contributed by atoms with Crippen molar-refractivity contribution in [3.63, 3.8) is 0 Å². The van der Waals surface area contributed by atoms with E-state index in [1.54, 1.807) is 6.92 Å². The van der Waals surface area contributed by atoms with Crippen LogP contribution in [0.2, 0.25) is 0 Å². The molecule has 0 bridgehead atoms. The summed E-state index contributed by atoms with van der Waals surface area (Å²) in [6.45, 7) is 9.26. The molecular formula is C15H19ClFNS. The minimum Gasteiger partial charge on any atom is -0.326 e. The van der Waals surface area contributed by atoms with Crippen molar-refractivity contribution in [1.29, 1.82) is 0 Å². The summed E-state index contributed by atoms with van der Waals surface area (Å²) in [5, 5.41) is 0.833. The molecule has 0 aromatic heterocycles. The molecule has 19 heavy (non-hydrogen) atoms. The largest absolute Gasteiger partial charge is 0.326 e. The molecule has 0 aromatic rings. The van der Waals surface area contributed by atoms with Gasteiger partial charge in [-0.2, -0.15) is 0 Å². The number of halogens is 2. The number of nitrogens with one attached hydrogen (secondary N) is 1. The standard InChI is InChI=1S/C15H19ClFNS/c1-10(2)9-14(17)11(3)12(4)18-19-15-8-6-5-7-13(15)16/h6,8-9,18H,4-5,7H2,1-3H3/b14-11-. The van der Waals surface area contributed by atoms with Crippen molar-refractivity contribution in [2.45, 2.75) is 33.6 Å². The minimum atomic E-state index is -0.266.